The second-order valence-electron chi connectivity index (χ2n) is 9.06. The molecule has 1 atom stereocenters. The molecule has 3 aromatic rings. The highest BCUT2D eigenvalue weighted by molar-refractivity contribution is 5.93. The third-order valence-corrected chi connectivity index (χ3v) is 6.96. The van der Waals surface area contributed by atoms with Crippen molar-refractivity contribution in [3.05, 3.63) is 71.2 Å². The van der Waals surface area contributed by atoms with Gasteiger partial charge in [-0.2, -0.15) is 9.97 Å². The first kappa shape index (κ1) is 20.0. The first-order valence-corrected chi connectivity index (χ1v) is 12.0. The minimum atomic E-state index is -0.000961. The maximum atomic E-state index is 6.46. The summed E-state index contributed by atoms with van der Waals surface area (Å²) in [6, 6.07) is 10.9. The van der Waals surface area contributed by atoms with E-state index in [1.165, 1.54) is 31.2 Å². The Morgan fingerprint density at radius 2 is 1.91 bits per heavy atom. The van der Waals surface area contributed by atoms with Crippen molar-refractivity contribution in [1.29, 1.82) is 0 Å². The van der Waals surface area contributed by atoms with Crippen LogP contribution in [0.15, 0.2) is 65.7 Å². The predicted octanol–water partition coefficient (Wildman–Crippen LogP) is 4.79. The largest absolute Gasteiger partial charge is 0.398 e. The Morgan fingerprint density at radius 1 is 1.09 bits per heavy atom. The molecule has 3 aliphatic carbocycles. The average molecular weight is 440 g/mol. The molecule has 6 rings (SSSR count). The second kappa shape index (κ2) is 8.06. The van der Waals surface area contributed by atoms with Gasteiger partial charge in [-0.15, -0.1) is 0 Å². The summed E-state index contributed by atoms with van der Waals surface area (Å²) in [6.45, 7) is 2.97. The highest BCUT2D eigenvalue weighted by atomic mass is 15.2. The van der Waals surface area contributed by atoms with Crippen LogP contribution in [0.5, 0.6) is 0 Å². The van der Waals surface area contributed by atoms with Gasteiger partial charge in [0.15, 0.2) is 17.0 Å². The zero-order chi connectivity index (χ0) is 22.4. The van der Waals surface area contributed by atoms with E-state index in [0.717, 1.165) is 52.4 Å². The van der Waals surface area contributed by atoms with E-state index in [-0.39, 0.29) is 6.04 Å². The Bertz CT molecular complexity index is 1290. The van der Waals surface area contributed by atoms with Crippen LogP contribution >= 0.6 is 0 Å². The van der Waals surface area contributed by atoms with Gasteiger partial charge < -0.3 is 20.9 Å². The lowest BCUT2D eigenvalue weighted by Gasteiger charge is -2.39. The first-order valence-electron chi connectivity index (χ1n) is 12.0. The van der Waals surface area contributed by atoms with Crippen molar-refractivity contribution >= 4 is 28.5 Å². The predicted molar refractivity (Wildman–Crippen MR) is 133 cm³/mol. The van der Waals surface area contributed by atoms with Crippen molar-refractivity contribution in [1.82, 2.24) is 19.5 Å². The molecule has 2 heterocycles. The van der Waals surface area contributed by atoms with Crippen LogP contribution in [0, 0.1) is 0 Å². The van der Waals surface area contributed by atoms with Crippen LogP contribution in [0.25, 0.3) is 16.7 Å². The van der Waals surface area contributed by atoms with Crippen LogP contribution in [0.1, 0.15) is 50.6 Å². The van der Waals surface area contributed by atoms with Gasteiger partial charge in [0.25, 0.3) is 0 Å². The molecule has 1 saturated carbocycles. The van der Waals surface area contributed by atoms with Crippen LogP contribution in [0.2, 0.25) is 0 Å². The van der Waals surface area contributed by atoms with E-state index in [0.29, 0.717) is 12.0 Å². The highest BCUT2D eigenvalue weighted by Gasteiger charge is 2.39. The molecule has 0 radical (unpaired) electrons. The number of nitrogens with zero attached hydrogens (tertiary/aromatic N) is 4. The van der Waals surface area contributed by atoms with E-state index in [2.05, 4.69) is 58.5 Å². The van der Waals surface area contributed by atoms with Gasteiger partial charge >= 0.3 is 0 Å². The Morgan fingerprint density at radius 3 is 2.67 bits per heavy atom. The Balaban J connectivity index is 1.37. The molecule has 168 valence electrons. The van der Waals surface area contributed by atoms with Gasteiger partial charge in [-0.1, -0.05) is 62.2 Å². The van der Waals surface area contributed by atoms with Crippen molar-refractivity contribution in [2.45, 2.75) is 51.1 Å². The molecular formula is C26H29N7. The van der Waals surface area contributed by atoms with Gasteiger partial charge in [-0.3, -0.25) is 0 Å². The molecule has 7 nitrogen and oxygen atoms in total. The number of nitrogens with two attached hydrogens (primary N) is 1. The van der Waals surface area contributed by atoms with Crippen LogP contribution in [0.3, 0.4) is 0 Å². The number of allylic oxidation sites excluding steroid dienone is 2. The molecule has 33 heavy (non-hydrogen) atoms. The van der Waals surface area contributed by atoms with Crippen LogP contribution < -0.4 is 16.4 Å². The van der Waals surface area contributed by atoms with Crippen molar-refractivity contribution in [3.8, 4) is 0 Å². The van der Waals surface area contributed by atoms with Crippen LogP contribution in [-0.4, -0.2) is 32.1 Å². The number of benzene rings is 1. The molecule has 0 spiro atoms. The summed E-state index contributed by atoms with van der Waals surface area (Å²) in [5, 5.41) is 7.03. The van der Waals surface area contributed by atoms with E-state index in [1.807, 2.05) is 12.4 Å². The van der Waals surface area contributed by atoms with E-state index in [1.54, 1.807) is 0 Å². The maximum absolute atomic E-state index is 6.46. The summed E-state index contributed by atoms with van der Waals surface area (Å²) in [5.41, 5.74) is 13.6. The average Bonchev–Trinajstić information content (AvgIpc) is 3.53. The highest BCUT2D eigenvalue weighted by Crippen LogP contribution is 2.45. The standard InChI is InChI=1S/C26H29N7/c1-2-14-28-26-31-24(23-25(32-26)33(15-29-23)17-10-6-7-11-17)30-22-19-13-12-18(20(22)21(19)27)16-8-4-3-5-9-16/h3-5,8-9,12-13,15,17,22H,2,6-7,10-11,14,27H2,1H3,(H2,28,30,31,32). The fourth-order valence-electron chi connectivity index (χ4n) is 5.23. The van der Waals surface area contributed by atoms with E-state index in [9.17, 15) is 0 Å². The molecule has 1 fully saturated rings. The van der Waals surface area contributed by atoms with E-state index < -0.39 is 0 Å². The summed E-state index contributed by atoms with van der Waals surface area (Å²) in [7, 11) is 0. The minimum absolute atomic E-state index is 0.000961. The summed E-state index contributed by atoms with van der Waals surface area (Å²) < 4.78 is 2.25. The zero-order valence-electron chi connectivity index (χ0n) is 18.9. The number of anilines is 2. The molecular weight excluding hydrogens is 410 g/mol. The van der Waals surface area contributed by atoms with Crippen LogP contribution in [-0.2, 0) is 0 Å². The summed E-state index contributed by atoms with van der Waals surface area (Å²) in [4.78, 5) is 14.4. The molecule has 7 heteroatoms. The number of fused-ring (bicyclic) bond motifs is 3. The van der Waals surface area contributed by atoms with Gasteiger partial charge in [0, 0.05) is 29.4 Å². The van der Waals surface area contributed by atoms with Crippen LogP contribution in [0.4, 0.5) is 11.8 Å². The van der Waals surface area contributed by atoms with Gasteiger partial charge in [0.2, 0.25) is 5.95 Å². The molecule has 1 unspecified atom stereocenters. The van der Waals surface area contributed by atoms with Crippen molar-refractivity contribution in [2.24, 2.45) is 5.73 Å². The van der Waals surface area contributed by atoms with Gasteiger partial charge in [-0.25, -0.2) is 4.98 Å². The van der Waals surface area contributed by atoms with Gasteiger partial charge in [-0.05, 0) is 30.4 Å². The van der Waals surface area contributed by atoms with Crippen molar-refractivity contribution < 1.29 is 0 Å². The Hall–Kier alpha value is -3.61. The molecule has 4 N–H and O–H groups in total. The first-order chi connectivity index (χ1) is 16.2. The number of nitrogens with one attached hydrogen (secondary N) is 2. The second-order valence-corrected chi connectivity index (χ2v) is 9.06. The van der Waals surface area contributed by atoms with Gasteiger partial charge in [0.1, 0.15) is 0 Å². The number of aromatic nitrogens is 4. The monoisotopic (exact) mass is 439 g/mol. The van der Waals surface area contributed by atoms with E-state index >= 15 is 0 Å². The minimum Gasteiger partial charge on any atom is -0.398 e. The maximum Gasteiger partial charge on any atom is 0.226 e. The smallest absolute Gasteiger partial charge is 0.226 e. The van der Waals surface area contributed by atoms with Gasteiger partial charge in [0.05, 0.1) is 12.4 Å². The summed E-state index contributed by atoms with van der Waals surface area (Å²) >= 11 is 0. The Labute approximate surface area is 193 Å². The molecule has 0 saturated heterocycles. The fraction of sp³-hybridized carbons (Fsp3) is 0.346. The third kappa shape index (κ3) is 3.30. The van der Waals surface area contributed by atoms with E-state index in [4.69, 9.17) is 20.7 Å². The lowest BCUT2D eigenvalue weighted by atomic mass is 9.72. The normalized spacial score (nSPS) is 20.0. The molecule has 0 amide bonds. The lowest BCUT2D eigenvalue weighted by Crippen LogP contribution is -2.40. The number of hydrogen-bond acceptors (Lipinski definition) is 6. The third-order valence-electron chi connectivity index (χ3n) is 6.96. The number of imidazole rings is 1. The molecule has 2 bridgehead atoms. The summed E-state index contributed by atoms with van der Waals surface area (Å²) in [6.07, 6.45) is 12.1. The zero-order valence-corrected chi connectivity index (χ0v) is 18.9. The fourth-order valence-corrected chi connectivity index (χ4v) is 5.23. The summed E-state index contributed by atoms with van der Waals surface area (Å²) in [5.74, 6) is 1.40. The quantitative estimate of drug-likeness (QED) is 0.490. The SMILES string of the molecule is CCCNc1nc(NC2c3ccc(-c4ccccc4)c2c3N)c2ncn(C3CCCC3)c2n1. The molecule has 2 aromatic heterocycles. The Kier molecular flexibility index (Phi) is 4.89. The number of rotatable bonds is 7. The molecule has 0 aliphatic heterocycles. The topological polar surface area (TPSA) is 93.7 Å². The van der Waals surface area contributed by atoms with Crippen molar-refractivity contribution in [2.75, 3.05) is 17.2 Å². The number of hydrogen-bond donors (Lipinski definition) is 3. The lowest BCUT2D eigenvalue weighted by molar-refractivity contribution is 0.529. The molecule has 1 aromatic carbocycles. The van der Waals surface area contributed by atoms with Crippen molar-refractivity contribution in [3.63, 3.8) is 0 Å². The molecule has 3 aliphatic rings.